The van der Waals surface area contributed by atoms with Crippen LogP contribution in [0.15, 0.2) is 34.5 Å². The third-order valence-corrected chi connectivity index (χ3v) is 7.38. The highest BCUT2D eigenvalue weighted by molar-refractivity contribution is 7.89. The summed E-state index contributed by atoms with van der Waals surface area (Å²) in [5, 5.41) is 4.50. The second-order valence-electron chi connectivity index (χ2n) is 6.35. The molecule has 1 aromatic heterocycles. The predicted octanol–water partition coefficient (Wildman–Crippen LogP) is 3.79. The van der Waals surface area contributed by atoms with Gasteiger partial charge >= 0.3 is 0 Å². The molecule has 1 aliphatic heterocycles. The van der Waals surface area contributed by atoms with Crippen molar-refractivity contribution in [2.75, 3.05) is 18.4 Å². The summed E-state index contributed by atoms with van der Waals surface area (Å²) in [5.41, 5.74) is 2.76. The van der Waals surface area contributed by atoms with Crippen molar-refractivity contribution in [1.82, 2.24) is 4.31 Å². The molecule has 0 saturated carbocycles. The topological polar surface area (TPSA) is 66.5 Å². The number of anilines is 1. The van der Waals surface area contributed by atoms with Gasteiger partial charge in [-0.05, 0) is 49.8 Å². The normalized spacial score (nSPS) is 15.9. The number of hydrogen-bond acceptors (Lipinski definition) is 4. The molecule has 25 heavy (non-hydrogen) atoms. The van der Waals surface area contributed by atoms with Crippen LogP contribution in [0.5, 0.6) is 0 Å². The average Bonchev–Trinajstić information content (AvgIpc) is 3.09. The van der Waals surface area contributed by atoms with Crippen LogP contribution in [0.25, 0.3) is 0 Å². The van der Waals surface area contributed by atoms with E-state index in [0.29, 0.717) is 18.8 Å². The van der Waals surface area contributed by atoms with Gasteiger partial charge in [0.05, 0.1) is 0 Å². The van der Waals surface area contributed by atoms with Crippen LogP contribution in [0, 0.1) is 13.8 Å². The molecule has 0 aliphatic carbocycles. The van der Waals surface area contributed by atoms with Gasteiger partial charge in [-0.15, -0.1) is 11.3 Å². The number of sulfonamides is 1. The Balaban J connectivity index is 1.86. The Bertz CT molecular complexity index is 881. The lowest BCUT2D eigenvalue weighted by atomic mass is 10.1. The van der Waals surface area contributed by atoms with Gasteiger partial charge in [0.15, 0.2) is 0 Å². The lowest BCUT2D eigenvalue weighted by Gasteiger charge is -2.25. The maximum absolute atomic E-state index is 12.9. The van der Waals surface area contributed by atoms with Crippen LogP contribution in [0.4, 0.5) is 5.69 Å². The van der Waals surface area contributed by atoms with Gasteiger partial charge in [0.1, 0.15) is 9.77 Å². The molecule has 134 valence electrons. The van der Waals surface area contributed by atoms with E-state index in [9.17, 15) is 13.2 Å². The van der Waals surface area contributed by atoms with Crippen molar-refractivity contribution in [2.45, 2.75) is 38.0 Å². The first kappa shape index (κ1) is 18.1. The van der Waals surface area contributed by atoms with Gasteiger partial charge in [0, 0.05) is 18.8 Å². The summed E-state index contributed by atoms with van der Waals surface area (Å²) in [6.45, 7) is 4.95. The molecular formula is C18H22N2O3S2. The summed E-state index contributed by atoms with van der Waals surface area (Å²) < 4.78 is 27.3. The first-order chi connectivity index (χ1) is 11.9. The molecular weight excluding hydrogens is 356 g/mol. The van der Waals surface area contributed by atoms with E-state index in [4.69, 9.17) is 0 Å². The summed E-state index contributed by atoms with van der Waals surface area (Å²) >= 11 is 1.16. The summed E-state index contributed by atoms with van der Waals surface area (Å²) in [5.74, 6) is -0.377. The lowest BCUT2D eigenvalue weighted by molar-refractivity contribution is 0.102. The first-order valence-corrected chi connectivity index (χ1v) is 10.7. The van der Waals surface area contributed by atoms with Gasteiger partial charge in [0.2, 0.25) is 10.0 Å². The lowest BCUT2D eigenvalue weighted by Crippen LogP contribution is -2.36. The van der Waals surface area contributed by atoms with Gasteiger partial charge in [0.25, 0.3) is 5.91 Å². The van der Waals surface area contributed by atoms with Gasteiger partial charge in [-0.3, -0.25) is 4.79 Å². The second-order valence-corrected chi connectivity index (χ2v) is 9.17. The number of amides is 1. The molecule has 1 N–H and O–H groups in total. The number of benzene rings is 1. The summed E-state index contributed by atoms with van der Waals surface area (Å²) in [6, 6.07) is 7.28. The zero-order valence-electron chi connectivity index (χ0n) is 14.4. The van der Waals surface area contributed by atoms with Crippen LogP contribution >= 0.6 is 11.3 Å². The number of hydrogen-bond donors (Lipinski definition) is 1. The third-order valence-electron chi connectivity index (χ3n) is 4.40. The Kier molecular flexibility index (Phi) is 5.27. The summed E-state index contributed by atoms with van der Waals surface area (Å²) in [6.07, 6.45) is 2.79. The van der Waals surface area contributed by atoms with Crippen LogP contribution in [-0.4, -0.2) is 31.7 Å². The van der Waals surface area contributed by atoms with Crippen molar-refractivity contribution < 1.29 is 13.2 Å². The smallest absolute Gasteiger partial charge is 0.267 e. The largest absolute Gasteiger partial charge is 0.321 e. The molecule has 1 saturated heterocycles. The van der Waals surface area contributed by atoms with Gasteiger partial charge in [-0.25, -0.2) is 8.42 Å². The van der Waals surface area contributed by atoms with E-state index in [0.717, 1.165) is 41.7 Å². The number of piperidine rings is 1. The van der Waals surface area contributed by atoms with E-state index in [2.05, 4.69) is 5.32 Å². The van der Waals surface area contributed by atoms with Crippen molar-refractivity contribution in [3.8, 4) is 0 Å². The van der Waals surface area contributed by atoms with E-state index >= 15 is 0 Å². The van der Waals surface area contributed by atoms with Gasteiger partial charge in [-0.2, -0.15) is 4.31 Å². The fourth-order valence-electron chi connectivity index (χ4n) is 3.04. The quantitative estimate of drug-likeness (QED) is 0.880. The predicted molar refractivity (Wildman–Crippen MR) is 101 cm³/mol. The number of rotatable bonds is 4. The van der Waals surface area contributed by atoms with Crippen molar-refractivity contribution in [3.05, 3.63) is 45.6 Å². The molecule has 2 aromatic rings. The average molecular weight is 379 g/mol. The van der Waals surface area contributed by atoms with E-state index in [-0.39, 0.29) is 15.7 Å². The highest BCUT2D eigenvalue weighted by Gasteiger charge is 2.31. The van der Waals surface area contributed by atoms with Crippen LogP contribution in [-0.2, 0) is 10.0 Å². The Hall–Kier alpha value is -1.70. The molecule has 1 aliphatic rings. The van der Waals surface area contributed by atoms with Gasteiger partial charge in [-0.1, -0.05) is 24.1 Å². The number of nitrogens with zero attached hydrogens (tertiary/aromatic N) is 1. The highest BCUT2D eigenvalue weighted by atomic mass is 32.2. The minimum atomic E-state index is -3.62. The molecule has 1 fully saturated rings. The molecule has 3 rings (SSSR count). The molecule has 1 amide bonds. The first-order valence-electron chi connectivity index (χ1n) is 8.36. The molecule has 0 radical (unpaired) electrons. The molecule has 0 bridgehead atoms. The Labute approximate surface area is 152 Å². The Morgan fingerprint density at radius 1 is 1.12 bits per heavy atom. The van der Waals surface area contributed by atoms with E-state index in [1.807, 2.05) is 32.0 Å². The van der Waals surface area contributed by atoms with Crippen LogP contribution in [0.1, 0.15) is 40.1 Å². The van der Waals surface area contributed by atoms with E-state index in [1.165, 1.54) is 10.4 Å². The van der Waals surface area contributed by atoms with Crippen molar-refractivity contribution >= 4 is 33.0 Å². The fourth-order valence-corrected chi connectivity index (χ4v) is 5.86. The zero-order chi connectivity index (χ0) is 18.0. The molecule has 7 heteroatoms. The fraction of sp³-hybridized carbons (Fsp3) is 0.389. The SMILES string of the molecule is Cc1ccc(NC(=O)c2sccc2S(=O)(=O)N2CCCCC2)c(C)c1. The van der Waals surface area contributed by atoms with Crippen LogP contribution in [0.3, 0.4) is 0 Å². The molecule has 5 nitrogen and oxygen atoms in total. The molecule has 0 atom stereocenters. The standard InChI is InChI=1S/C18H22N2O3S2/c1-13-6-7-15(14(2)12-13)19-18(21)17-16(8-11-24-17)25(22,23)20-9-4-3-5-10-20/h6-8,11-12H,3-5,9-10H2,1-2H3,(H,19,21). The summed E-state index contributed by atoms with van der Waals surface area (Å²) in [4.78, 5) is 13.0. The number of thiophene rings is 1. The minimum absolute atomic E-state index is 0.113. The number of carbonyl (C=O) groups excluding carboxylic acids is 1. The molecule has 0 unspecified atom stereocenters. The minimum Gasteiger partial charge on any atom is -0.321 e. The highest BCUT2D eigenvalue weighted by Crippen LogP contribution is 2.28. The van der Waals surface area contributed by atoms with Crippen molar-refractivity contribution in [1.29, 1.82) is 0 Å². The number of nitrogens with one attached hydrogen (secondary N) is 1. The van der Waals surface area contributed by atoms with Crippen molar-refractivity contribution in [3.63, 3.8) is 0 Å². The second kappa shape index (κ2) is 7.27. The van der Waals surface area contributed by atoms with Gasteiger partial charge < -0.3 is 5.32 Å². The molecule has 1 aromatic carbocycles. The number of aryl methyl sites for hydroxylation is 2. The van der Waals surface area contributed by atoms with Crippen LogP contribution < -0.4 is 5.32 Å². The van der Waals surface area contributed by atoms with E-state index < -0.39 is 10.0 Å². The summed E-state index contributed by atoms with van der Waals surface area (Å²) in [7, 11) is -3.62. The maximum atomic E-state index is 12.9. The third kappa shape index (κ3) is 3.78. The maximum Gasteiger partial charge on any atom is 0.267 e. The molecule has 2 heterocycles. The zero-order valence-corrected chi connectivity index (χ0v) is 16.0. The Morgan fingerprint density at radius 2 is 1.84 bits per heavy atom. The molecule has 0 spiro atoms. The monoisotopic (exact) mass is 378 g/mol. The van der Waals surface area contributed by atoms with Crippen LogP contribution in [0.2, 0.25) is 0 Å². The number of carbonyl (C=O) groups is 1. The van der Waals surface area contributed by atoms with Crippen molar-refractivity contribution in [2.24, 2.45) is 0 Å². The van der Waals surface area contributed by atoms with E-state index in [1.54, 1.807) is 5.38 Å². The Morgan fingerprint density at radius 3 is 2.52 bits per heavy atom.